The van der Waals surface area contributed by atoms with Gasteiger partial charge in [-0.25, -0.2) is 0 Å². The molecule has 0 aliphatic carbocycles. The van der Waals surface area contributed by atoms with E-state index in [0.29, 0.717) is 11.5 Å². The molecule has 0 amide bonds. The van der Waals surface area contributed by atoms with E-state index in [1.807, 2.05) is 19.6 Å². The zero-order valence-electron chi connectivity index (χ0n) is 9.65. The van der Waals surface area contributed by atoms with E-state index in [1.165, 1.54) is 0 Å². The Balaban J connectivity index is 0.00000196. The van der Waals surface area contributed by atoms with Crippen LogP contribution in [0.3, 0.4) is 0 Å². The van der Waals surface area contributed by atoms with Crippen molar-refractivity contribution in [3.63, 3.8) is 0 Å². The van der Waals surface area contributed by atoms with Gasteiger partial charge in [0.25, 0.3) is 0 Å². The molecular weight excluding hydrogens is 283 g/mol. The normalized spacial score (nSPS) is 22.0. The van der Waals surface area contributed by atoms with Crippen LogP contribution in [0.2, 0.25) is 19.6 Å². The molecule has 1 aliphatic rings. The van der Waals surface area contributed by atoms with Gasteiger partial charge in [0.15, 0.2) is 0 Å². The Bertz CT molecular complexity index is 197. The Morgan fingerprint density at radius 3 is 1.67 bits per heavy atom. The van der Waals surface area contributed by atoms with Gasteiger partial charge >= 0.3 is 58.4 Å². The summed E-state index contributed by atoms with van der Waals surface area (Å²) in [4.78, 5) is 0. The van der Waals surface area contributed by atoms with Crippen molar-refractivity contribution in [3.8, 4) is 0 Å². The molecule has 0 nitrogen and oxygen atoms in total. The Hall–Kier alpha value is 2.41. The molecule has 1 aliphatic heterocycles. The van der Waals surface area contributed by atoms with Crippen LogP contribution in [-0.4, -0.2) is 30.2 Å². The average Bonchev–Trinajstić information content (AvgIpc) is 2.02. The van der Waals surface area contributed by atoms with Gasteiger partial charge in [0.05, 0.1) is 0 Å². The zero-order valence-corrected chi connectivity index (χ0v) is 15.4. The van der Waals surface area contributed by atoms with Crippen LogP contribution in [0, 0.1) is 0 Å². The van der Waals surface area contributed by atoms with E-state index >= 15 is 0 Å². The molecule has 0 atom stereocenters. The fraction of sp³-hybridized carbons (Fsp3) is 1.00. The van der Waals surface area contributed by atoms with E-state index < -0.39 is 18.7 Å². The minimum Gasteiger partial charge on any atom is -0.448 e. The minimum atomic E-state index is -4.73. The van der Waals surface area contributed by atoms with Crippen LogP contribution >= 0.6 is 23.5 Å². The first-order chi connectivity index (χ1) is 6.21. The van der Waals surface area contributed by atoms with E-state index in [0.717, 1.165) is 29.9 Å². The summed E-state index contributed by atoms with van der Waals surface area (Å²) in [6, 6.07) is 0. The molecule has 1 saturated heterocycles. The summed E-state index contributed by atoms with van der Waals surface area (Å²) >= 11 is 2.30. The molecule has 0 spiro atoms. The number of hydrogen-bond donors (Lipinski definition) is 0. The van der Waals surface area contributed by atoms with Gasteiger partial charge in [-0.3, -0.25) is 0 Å². The van der Waals surface area contributed by atoms with Crippen LogP contribution < -0.4 is 51.4 Å². The second kappa shape index (κ2) is 6.03. The van der Waals surface area contributed by atoms with E-state index in [9.17, 15) is 12.9 Å². The summed E-state index contributed by atoms with van der Waals surface area (Å²) in [6.07, 6.45) is 0.910. The molecule has 0 saturated carbocycles. The summed E-state index contributed by atoms with van der Waals surface area (Å²) in [6.45, 7) is 0.747. The standard InChI is InChI=1S/C7H15BF3S2Si.K/c1-14(2,3)7(8(9,10)11)12-5-4-6-13-7;/h4-6H2,1-3H3;/q-1;+1. The molecule has 0 N–H and O–H groups in total. The van der Waals surface area contributed by atoms with Crippen molar-refractivity contribution < 1.29 is 64.3 Å². The van der Waals surface area contributed by atoms with Crippen LogP contribution in [0.4, 0.5) is 12.9 Å². The Morgan fingerprint density at radius 1 is 1.07 bits per heavy atom. The second-order valence-electron chi connectivity index (χ2n) is 4.54. The summed E-state index contributed by atoms with van der Waals surface area (Å²) in [5.74, 6) is 1.33. The van der Waals surface area contributed by atoms with Gasteiger partial charge in [-0.2, -0.15) is 23.5 Å². The molecule has 15 heavy (non-hydrogen) atoms. The van der Waals surface area contributed by atoms with Crippen molar-refractivity contribution in [1.82, 2.24) is 0 Å². The number of hydrogen-bond acceptors (Lipinski definition) is 2. The van der Waals surface area contributed by atoms with Crippen molar-refractivity contribution in [2.24, 2.45) is 0 Å². The monoisotopic (exact) mass is 298 g/mol. The Labute approximate surface area is 142 Å². The predicted molar refractivity (Wildman–Crippen MR) is 64.7 cm³/mol. The first kappa shape index (κ1) is 17.4. The van der Waals surface area contributed by atoms with Gasteiger partial charge < -0.3 is 12.9 Å². The van der Waals surface area contributed by atoms with Crippen LogP contribution in [0.25, 0.3) is 0 Å². The molecular formula is C7H15BF3KS2Si. The molecule has 0 aromatic rings. The van der Waals surface area contributed by atoms with Crippen molar-refractivity contribution in [1.29, 1.82) is 0 Å². The predicted octanol–water partition coefficient (Wildman–Crippen LogP) is 0.821. The van der Waals surface area contributed by atoms with Crippen molar-refractivity contribution in [2.45, 2.75) is 29.7 Å². The van der Waals surface area contributed by atoms with E-state index in [4.69, 9.17) is 0 Å². The maximum atomic E-state index is 13.1. The van der Waals surface area contributed by atoms with Gasteiger partial charge in [0.1, 0.15) is 0 Å². The zero-order chi connectivity index (χ0) is 11.0. The molecule has 0 bridgehead atoms. The molecule has 0 aromatic carbocycles. The van der Waals surface area contributed by atoms with Gasteiger partial charge in [0, 0.05) is 11.7 Å². The second-order valence-corrected chi connectivity index (χ2v) is 13.5. The number of halogens is 3. The van der Waals surface area contributed by atoms with E-state index in [-0.39, 0.29) is 51.4 Å². The fourth-order valence-corrected chi connectivity index (χ4v) is 9.30. The van der Waals surface area contributed by atoms with Gasteiger partial charge in [-0.15, -0.1) is 0 Å². The first-order valence-corrected chi connectivity index (χ1v) is 10.2. The average molecular weight is 298 g/mol. The Morgan fingerprint density at radius 2 is 1.47 bits per heavy atom. The van der Waals surface area contributed by atoms with Gasteiger partial charge in [-0.05, 0) is 17.9 Å². The summed E-state index contributed by atoms with van der Waals surface area (Å²) < 4.78 is 38.0. The molecule has 0 aromatic heterocycles. The first-order valence-electron chi connectivity index (χ1n) is 4.68. The van der Waals surface area contributed by atoms with Crippen LogP contribution in [0.5, 0.6) is 0 Å². The maximum Gasteiger partial charge on any atom is 1.00 e. The van der Waals surface area contributed by atoms with Gasteiger partial charge in [0.2, 0.25) is 0 Å². The molecule has 1 rings (SSSR count). The minimum absolute atomic E-state index is 0. The smallest absolute Gasteiger partial charge is 0.448 e. The molecule has 84 valence electrons. The maximum absolute atomic E-state index is 13.1. The van der Waals surface area contributed by atoms with Crippen molar-refractivity contribution in [2.75, 3.05) is 11.5 Å². The number of thioether (sulfide) groups is 2. The Kier molecular flexibility index (Phi) is 7.00. The molecule has 8 heteroatoms. The molecule has 0 unspecified atom stereocenters. The SMILES string of the molecule is C[Si](C)(C)C1([B-](F)(F)F)SCCCS1.[K+]. The van der Waals surface area contributed by atoms with E-state index in [1.54, 1.807) is 0 Å². The summed E-state index contributed by atoms with van der Waals surface area (Å²) in [5.41, 5.74) is 0. The third-order valence-electron chi connectivity index (χ3n) is 2.40. The largest absolute Gasteiger partial charge is 1.00 e. The molecule has 0 radical (unpaired) electrons. The topological polar surface area (TPSA) is 0 Å². The van der Waals surface area contributed by atoms with Crippen LogP contribution in [0.15, 0.2) is 0 Å². The fourth-order valence-electron chi connectivity index (χ4n) is 1.66. The van der Waals surface area contributed by atoms with E-state index in [2.05, 4.69) is 0 Å². The van der Waals surface area contributed by atoms with Crippen molar-refractivity contribution >= 4 is 38.6 Å². The van der Waals surface area contributed by atoms with Crippen molar-refractivity contribution in [3.05, 3.63) is 0 Å². The molecule has 1 fully saturated rings. The molecule has 1 heterocycles. The van der Waals surface area contributed by atoms with Crippen LogP contribution in [-0.2, 0) is 0 Å². The van der Waals surface area contributed by atoms with Crippen LogP contribution in [0.1, 0.15) is 6.42 Å². The number of rotatable bonds is 2. The quantitative estimate of drug-likeness (QED) is 0.692. The van der Waals surface area contributed by atoms with Gasteiger partial charge in [-0.1, -0.05) is 19.6 Å². The third-order valence-corrected chi connectivity index (χ3v) is 12.4. The summed E-state index contributed by atoms with van der Waals surface area (Å²) in [5, 5.41) is 0. The third kappa shape index (κ3) is 3.68. The summed E-state index contributed by atoms with van der Waals surface area (Å²) in [7, 11) is -2.21.